The van der Waals surface area contributed by atoms with Gasteiger partial charge in [-0.3, -0.25) is 9.59 Å². The molecule has 2 atom stereocenters. The number of amides is 1. The van der Waals surface area contributed by atoms with E-state index >= 15 is 0 Å². The topological polar surface area (TPSA) is 83.8 Å². The predicted molar refractivity (Wildman–Crippen MR) is 60.1 cm³/mol. The maximum absolute atomic E-state index is 11.3. The van der Waals surface area contributed by atoms with Crippen LogP contribution in [-0.2, 0) is 9.59 Å². The van der Waals surface area contributed by atoms with Gasteiger partial charge in [-0.05, 0) is 31.3 Å². The fraction of sp³-hybridized carbons (Fsp3) is 0.500. The van der Waals surface area contributed by atoms with Crippen LogP contribution in [0.4, 0.5) is 0 Å². The van der Waals surface area contributed by atoms with E-state index in [2.05, 4.69) is 11.3 Å². The normalized spacial score (nSPS) is 24.4. The zero-order chi connectivity index (χ0) is 12.4. The molecule has 0 saturated heterocycles. The Kier molecular flexibility index (Phi) is 3.17. The maximum atomic E-state index is 11.3. The molecule has 0 aromatic carbocycles. The van der Waals surface area contributed by atoms with Gasteiger partial charge in [0.1, 0.15) is 5.92 Å². The third-order valence-electron chi connectivity index (χ3n) is 3.51. The van der Waals surface area contributed by atoms with Crippen molar-refractivity contribution in [2.45, 2.75) is 25.7 Å². The highest BCUT2D eigenvalue weighted by Gasteiger charge is 2.40. The highest BCUT2D eigenvalue weighted by atomic mass is 16.4. The molecule has 0 aliphatic heterocycles. The van der Waals surface area contributed by atoms with Crippen LogP contribution < -0.4 is 0 Å². The van der Waals surface area contributed by atoms with E-state index in [9.17, 15) is 14.5 Å². The Bertz CT molecular complexity index is 436. The second-order valence-electron chi connectivity index (χ2n) is 4.38. The van der Waals surface area contributed by atoms with Crippen LogP contribution in [0.2, 0.25) is 0 Å². The van der Waals surface area contributed by atoms with Crippen LogP contribution in [0.5, 0.6) is 0 Å². The standard InChI is InChI=1S/C12H13NO4/c14-11(13-17)10(12(15)16)9-6-5-7-3-1-2-4-8(7)9/h1,3,9-10H,2,4-6H2,(H,15,16). The van der Waals surface area contributed by atoms with Gasteiger partial charge in [0, 0.05) is 11.1 Å². The minimum absolute atomic E-state index is 0.349. The van der Waals surface area contributed by atoms with Gasteiger partial charge in [0.25, 0.3) is 0 Å². The van der Waals surface area contributed by atoms with Crippen LogP contribution in [0.1, 0.15) is 25.7 Å². The van der Waals surface area contributed by atoms with Crippen molar-refractivity contribution in [3.8, 4) is 0 Å². The highest BCUT2D eigenvalue weighted by molar-refractivity contribution is 5.98. The Morgan fingerprint density at radius 1 is 1.41 bits per heavy atom. The van der Waals surface area contributed by atoms with Gasteiger partial charge in [-0.1, -0.05) is 17.7 Å². The lowest BCUT2D eigenvalue weighted by Crippen LogP contribution is -2.30. The van der Waals surface area contributed by atoms with E-state index in [4.69, 9.17) is 5.11 Å². The lowest BCUT2D eigenvalue weighted by Gasteiger charge is -2.20. The maximum Gasteiger partial charge on any atom is 0.316 e. The zero-order valence-electron chi connectivity index (χ0n) is 9.26. The fourth-order valence-corrected chi connectivity index (χ4v) is 2.76. The molecule has 0 bridgehead atoms. The number of nitrogens with zero attached hydrogens (tertiary/aromatic N) is 1. The average Bonchev–Trinajstić information content (AvgIpc) is 2.73. The van der Waals surface area contributed by atoms with Gasteiger partial charge in [-0.25, -0.2) is 0 Å². The van der Waals surface area contributed by atoms with Crippen molar-refractivity contribution < 1.29 is 14.7 Å². The van der Waals surface area contributed by atoms with Crippen LogP contribution in [0.3, 0.4) is 0 Å². The minimum Gasteiger partial charge on any atom is -0.481 e. The first-order valence-corrected chi connectivity index (χ1v) is 5.63. The van der Waals surface area contributed by atoms with Gasteiger partial charge in [0.15, 0.2) is 0 Å². The van der Waals surface area contributed by atoms with E-state index in [1.54, 1.807) is 0 Å². The molecule has 1 amide bonds. The molecule has 2 unspecified atom stereocenters. The van der Waals surface area contributed by atoms with E-state index in [0.29, 0.717) is 6.42 Å². The highest BCUT2D eigenvalue weighted by Crippen LogP contribution is 2.42. The van der Waals surface area contributed by atoms with Gasteiger partial charge >= 0.3 is 11.9 Å². The zero-order valence-corrected chi connectivity index (χ0v) is 9.26. The molecule has 0 radical (unpaired) electrons. The van der Waals surface area contributed by atoms with Crippen molar-refractivity contribution in [1.82, 2.24) is 0 Å². The first kappa shape index (κ1) is 11.7. The quantitative estimate of drug-likeness (QED) is 0.599. The summed E-state index contributed by atoms with van der Waals surface area (Å²) in [7, 11) is 0. The fourth-order valence-electron chi connectivity index (χ4n) is 2.76. The molecule has 0 spiro atoms. The molecule has 1 N–H and O–H groups in total. The Morgan fingerprint density at radius 3 is 2.82 bits per heavy atom. The summed E-state index contributed by atoms with van der Waals surface area (Å²) < 4.78 is 0. The summed E-state index contributed by atoms with van der Waals surface area (Å²) in [6.45, 7) is 0. The van der Waals surface area contributed by atoms with Crippen molar-refractivity contribution in [2.75, 3.05) is 0 Å². The molecule has 90 valence electrons. The number of carbonyl (C=O) groups excluding carboxylic acids is 1. The lowest BCUT2D eigenvalue weighted by molar-refractivity contribution is -0.147. The van der Waals surface area contributed by atoms with E-state index in [0.717, 1.165) is 30.4 Å². The predicted octanol–water partition coefficient (Wildman–Crippen LogP) is 2.04. The smallest absolute Gasteiger partial charge is 0.316 e. The SMILES string of the molecule is O=NC(=O)C(C(=O)O)C1CCC2=C1CCC=C2. The van der Waals surface area contributed by atoms with Crippen molar-refractivity contribution in [2.24, 2.45) is 17.0 Å². The molecule has 0 fully saturated rings. The number of rotatable bonds is 3. The number of allylic oxidation sites excluding steroid dienone is 4. The number of hydrogen-bond donors (Lipinski definition) is 1. The third-order valence-corrected chi connectivity index (χ3v) is 3.51. The Balaban J connectivity index is 2.30. The summed E-state index contributed by atoms with van der Waals surface area (Å²) in [5, 5.41) is 11.3. The molecule has 0 aromatic heterocycles. The number of carbonyl (C=O) groups is 2. The number of aliphatic carboxylic acids is 1. The van der Waals surface area contributed by atoms with E-state index in [1.807, 2.05) is 6.08 Å². The molecular weight excluding hydrogens is 222 g/mol. The number of nitroso groups, excluding NO2 is 1. The Labute approximate surface area is 98.2 Å². The van der Waals surface area contributed by atoms with Crippen molar-refractivity contribution >= 4 is 11.9 Å². The summed E-state index contributed by atoms with van der Waals surface area (Å²) >= 11 is 0. The summed E-state index contributed by atoms with van der Waals surface area (Å²) in [5.41, 5.74) is 2.16. The number of carboxylic acids is 1. The van der Waals surface area contributed by atoms with Crippen LogP contribution in [0.25, 0.3) is 0 Å². The largest absolute Gasteiger partial charge is 0.481 e. The Morgan fingerprint density at radius 2 is 2.18 bits per heavy atom. The van der Waals surface area contributed by atoms with E-state index < -0.39 is 17.8 Å². The number of carboxylic acid groups (broad SMARTS) is 1. The first-order chi connectivity index (χ1) is 8.15. The van der Waals surface area contributed by atoms with E-state index in [-0.39, 0.29) is 5.92 Å². The summed E-state index contributed by atoms with van der Waals surface area (Å²) in [4.78, 5) is 32.7. The van der Waals surface area contributed by atoms with Gasteiger partial charge < -0.3 is 5.11 Å². The first-order valence-electron chi connectivity index (χ1n) is 5.63. The second kappa shape index (κ2) is 4.61. The van der Waals surface area contributed by atoms with Gasteiger partial charge in [-0.2, -0.15) is 0 Å². The lowest BCUT2D eigenvalue weighted by atomic mass is 9.83. The molecule has 2 aliphatic rings. The molecule has 5 heteroatoms. The van der Waals surface area contributed by atoms with E-state index in [1.165, 1.54) is 0 Å². The minimum atomic E-state index is -1.30. The van der Waals surface area contributed by atoms with Gasteiger partial charge in [-0.15, -0.1) is 4.91 Å². The molecule has 17 heavy (non-hydrogen) atoms. The number of hydrogen-bond acceptors (Lipinski definition) is 3. The second-order valence-corrected chi connectivity index (χ2v) is 4.38. The Hall–Kier alpha value is -1.78. The van der Waals surface area contributed by atoms with Crippen LogP contribution in [0.15, 0.2) is 28.5 Å². The summed E-state index contributed by atoms with van der Waals surface area (Å²) in [5.74, 6) is -3.96. The molecule has 2 aliphatic carbocycles. The van der Waals surface area contributed by atoms with Gasteiger partial charge in [0.2, 0.25) is 0 Å². The van der Waals surface area contributed by atoms with Gasteiger partial charge in [0.05, 0.1) is 0 Å². The molecular formula is C12H13NO4. The summed E-state index contributed by atoms with van der Waals surface area (Å²) in [6.07, 6.45) is 7.10. The van der Waals surface area contributed by atoms with Crippen LogP contribution in [-0.4, -0.2) is 17.0 Å². The monoisotopic (exact) mass is 235 g/mol. The molecule has 5 nitrogen and oxygen atoms in total. The van der Waals surface area contributed by atoms with Crippen molar-refractivity contribution in [3.05, 3.63) is 28.2 Å². The third kappa shape index (κ3) is 2.05. The average molecular weight is 235 g/mol. The molecule has 0 saturated carbocycles. The molecule has 2 rings (SSSR count). The van der Waals surface area contributed by atoms with Crippen LogP contribution in [0, 0.1) is 16.7 Å². The molecule has 0 aromatic rings. The van der Waals surface area contributed by atoms with Crippen molar-refractivity contribution in [3.63, 3.8) is 0 Å². The van der Waals surface area contributed by atoms with Crippen molar-refractivity contribution in [1.29, 1.82) is 0 Å². The summed E-state index contributed by atoms with van der Waals surface area (Å²) in [6, 6.07) is 0. The molecule has 0 heterocycles. The van der Waals surface area contributed by atoms with Crippen LogP contribution >= 0.6 is 0 Å².